The Labute approximate surface area is 386 Å². The van der Waals surface area contributed by atoms with Gasteiger partial charge in [0.25, 0.3) is 0 Å². The molecule has 0 aromatic heterocycles. The highest BCUT2D eigenvalue weighted by atomic mass is 79.9. The van der Waals surface area contributed by atoms with Crippen molar-refractivity contribution in [3.05, 3.63) is 216 Å². The van der Waals surface area contributed by atoms with E-state index < -0.39 is 16.1 Å². The third-order valence-corrected chi connectivity index (χ3v) is 12.3. The number of benzene rings is 9. The van der Waals surface area contributed by atoms with E-state index in [2.05, 4.69) is 266 Å². The number of halogens is 1. The number of terminal acetylenes is 2. The highest BCUT2D eigenvalue weighted by Crippen LogP contribution is 2.28. The normalized spacial score (nSPS) is 10.6. The van der Waals surface area contributed by atoms with E-state index >= 15 is 0 Å². The van der Waals surface area contributed by atoms with Crippen molar-refractivity contribution in [2.24, 2.45) is 0 Å². The highest BCUT2D eigenvalue weighted by molar-refractivity contribution is 9.10. The summed E-state index contributed by atoms with van der Waals surface area (Å²) in [4.78, 5) is 0. The molecule has 0 amide bonds. The summed E-state index contributed by atoms with van der Waals surface area (Å²) in [6.07, 6.45) is 10.5. The summed E-state index contributed by atoms with van der Waals surface area (Å²) >= 11 is 3.46. The van der Waals surface area contributed by atoms with Crippen molar-refractivity contribution < 1.29 is 0 Å². The quantitative estimate of drug-likeness (QED) is 0.122. The first kappa shape index (κ1) is 45.9. The summed E-state index contributed by atoms with van der Waals surface area (Å²) in [5, 5.41) is 7.66. The maximum absolute atomic E-state index is 5.36. The van der Waals surface area contributed by atoms with Crippen LogP contribution in [0.1, 0.15) is 11.1 Å². The van der Waals surface area contributed by atoms with Crippen LogP contribution in [0.2, 0.25) is 39.3 Å². The SMILES string of the molecule is Brc1ccc(-c2ccc3ccccc3c2)cc1.C#C[Si](C)(C)C.C#Cc1ccc(-c2ccc3ccccc3c2)cc1.C[Si](C)(C)C#Cc1ccc(-c2ccc3ccccc3c2)cc1. The maximum Gasteiger partial charge on any atom is 0.129 e. The molecule has 3 heteroatoms. The van der Waals surface area contributed by atoms with Crippen LogP contribution in [-0.2, 0) is 0 Å². The first-order valence-corrected chi connectivity index (χ1v) is 29.0. The Hall–Kier alpha value is -6.65. The van der Waals surface area contributed by atoms with Gasteiger partial charge in [-0.3, -0.25) is 0 Å². The fraction of sp³-hybridized carbons (Fsp3) is 0.100. The predicted octanol–water partition coefficient (Wildman–Crippen LogP) is 17.0. The van der Waals surface area contributed by atoms with E-state index in [9.17, 15) is 0 Å². The summed E-state index contributed by atoms with van der Waals surface area (Å²) in [6, 6.07) is 70.1. The van der Waals surface area contributed by atoms with Crippen LogP contribution in [0, 0.1) is 35.8 Å². The number of hydrogen-bond donors (Lipinski definition) is 0. The van der Waals surface area contributed by atoms with Gasteiger partial charge in [-0.15, -0.1) is 23.9 Å². The molecule has 0 N–H and O–H groups in total. The van der Waals surface area contributed by atoms with Gasteiger partial charge in [0, 0.05) is 15.6 Å². The average Bonchev–Trinajstić information content (AvgIpc) is 3.31. The van der Waals surface area contributed by atoms with Crippen molar-refractivity contribution >= 4 is 64.4 Å². The molecule has 0 radical (unpaired) electrons. The van der Waals surface area contributed by atoms with E-state index in [0.717, 1.165) is 15.6 Å². The zero-order valence-corrected chi connectivity index (χ0v) is 40.7. The van der Waals surface area contributed by atoms with Crippen LogP contribution in [0.4, 0.5) is 0 Å². The molecule has 9 aromatic rings. The van der Waals surface area contributed by atoms with Crippen molar-refractivity contribution in [2.75, 3.05) is 0 Å². The lowest BCUT2D eigenvalue weighted by Crippen LogP contribution is -2.16. The van der Waals surface area contributed by atoms with E-state index in [4.69, 9.17) is 12.8 Å². The third-order valence-electron chi connectivity index (χ3n) is 10.0. The average molecular weight is 910 g/mol. The van der Waals surface area contributed by atoms with Crippen molar-refractivity contribution in [3.8, 4) is 69.2 Å². The highest BCUT2D eigenvalue weighted by Gasteiger charge is 2.08. The topological polar surface area (TPSA) is 0 Å². The van der Waals surface area contributed by atoms with Crippen LogP contribution in [0.3, 0.4) is 0 Å². The van der Waals surface area contributed by atoms with Gasteiger partial charge in [-0.05, 0) is 120 Å². The Kier molecular flexibility index (Phi) is 15.6. The second kappa shape index (κ2) is 21.4. The Morgan fingerprint density at radius 2 is 0.651 bits per heavy atom. The van der Waals surface area contributed by atoms with Gasteiger partial charge in [0.2, 0.25) is 0 Å². The van der Waals surface area contributed by atoms with Gasteiger partial charge in [0.15, 0.2) is 0 Å². The molecule has 0 unspecified atom stereocenters. The molecule has 9 rings (SSSR count). The van der Waals surface area contributed by atoms with E-state index in [-0.39, 0.29) is 0 Å². The minimum atomic E-state index is -1.31. The summed E-state index contributed by atoms with van der Waals surface area (Å²) in [5.41, 5.74) is 15.6. The van der Waals surface area contributed by atoms with Gasteiger partial charge < -0.3 is 0 Å². The molecule has 0 bridgehead atoms. The maximum atomic E-state index is 5.36. The Morgan fingerprint density at radius 1 is 0.349 bits per heavy atom. The minimum Gasteiger partial charge on any atom is -0.135 e. The molecule has 0 nitrogen and oxygen atoms in total. The van der Waals surface area contributed by atoms with Gasteiger partial charge in [-0.25, -0.2) is 0 Å². The number of fused-ring (bicyclic) bond motifs is 3. The molecule has 0 atom stereocenters. The van der Waals surface area contributed by atoms with E-state index in [0.29, 0.717) is 0 Å². The molecule has 0 fully saturated rings. The monoisotopic (exact) mass is 908 g/mol. The second-order valence-electron chi connectivity index (χ2n) is 17.4. The lowest BCUT2D eigenvalue weighted by molar-refractivity contribution is 1.61. The first-order chi connectivity index (χ1) is 30.3. The lowest BCUT2D eigenvalue weighted by atomic mass is 10.0. The van der Waals surface area contributed by atoms with Crippen molar-refractivity contribution in [2.45, 2.75) is 39.3 Å². The van der Waals surface area contributed by atoms with E-state index in [1.54, 1.807) is 0 Å². The molecule has 0 heterocycles. The lowest BCUT2D eigenvalue weighted by Gasteiger charge is -2.05. The number of hydrogen-bond acceptors (Lipinski definition) is 0. The molecular formula is C60H53BrSi2. The van der Waals surface area contributed by atoms with Gasteiger partial charge in [-0.2, -0.15) is 0 Å². The van der Waals surface area contributed by atoms with E-state index in [1.165, 1.54) is 65.7 Å². The fourth-order valence-electron chi connectivity index (χ4n) is 6.51. The van der Waals surface area contributed by atoms with Crippen LogP contribution >= 0.6 is 15.9 Å². The zero-order chi connectivity index (χ0) is 44.8. The van der Waals surface area contributed by atoms with Crippen LogP contribution in [-0.4, -0.2) is 16.1 Å². The molecule has 308 valence electrons. The van der Waals surface area contributed by atoms with Crippen LogP contribution in [0.5, 0.6) is 0 Å². The Bertz CT molecular complexity index is 3090. The first-order valence-electron chi connectivity index (χ1n) is 21.2. The molecule has 0 aliphatic rings. The van der Waals surface area contributed by atoms with E-state index in [1.807, 2.05) is 12.1 Å². The minimum absolute atomic E-state index is 0.916. The number of rotatable bonds is 3. The van der Waals surface area contributed by atoms with Gasteiger partial charge in [0.05, 0.1) is 0 Å². The molecule has 0 saturated heterocycles. The summed E-state index contributed by atoms with van der Waals surface area (Å²) < 4.78 is 1.11. The molecule has 0 aliphatic carbocycles. The van der Waals surface area contributed by atoms with Crippen molar-refractivity contribution in [1.82, 2.24) is 0 Å². The second-order valence-corrected chi connectivity index (χ2v) is 27.8. The molecule has 0 saturated carbocycles. The largest absolute Gasteiger partial charge is 0.135 e. The third kappa shape index (κ3) is 13.9. The predicted molar refractivity (Wildman–Crippen MR) is 286 cm³/mol. The zero-order valence-electron chi connectivity index (χ0n) is 37.1. The van der Waals surface area contributed by atoms with Gasteiger partial charge >= 0.3 is 0 Å². The Morgan fingerprint density at radius 3 is 0.968 bits per heavy atom. The smallest absolute Gasteiger partial charge is 0.129 e. The molecule has 0 spiro atoms. The van der Waals surface area contributed by atoms with Gasteiger partial charge in [0.1, 0.15) is 16.1 Å². The summed E-state index contributed by atoms with van der Waals surface area (Å²) in [5.74, 6) is 5.94. The standard InChI is InChI=1S/C21H20Si.C18H12.C16H11Br.C5H10Si/c1-22(2,3)15-14-17-8-10-19(11-9-17)21-13-12-18-6-4-5-7-20(18)16-21;1-2-14-7-9-16(10-8-14)18-12-11-15-5-3-4-6-17(15)13-18;17-16-9-7-13(8-10-16)15-6-5-12-3-1-2-4-14(12)11-15;1-5-6(2,3)4/h4-13,16H,1-3H3;1,3-13H;1-11H;1H,2-4H3. The molecular weight excluding hydrogens is 857 g/mol. The Balaban J connectivity index is 0.000000149. The van der Waals surface area contributed by atoms with Crippen LogP contribution < -0.4 is 0 Å². The van der Waals surface area contributed by atoms with Crippen LogP contribution in [0.15, 0.2) is 205 Å². The fourth-order valence-corrected chi connectivity index (χ4v) is 7.30. The summed E-state index contributed by atoms with van der Waals surface area (Å²) in [6.45, 7) is 13.2. The van der Waals surface area contributed by atoms with Crippen LogP contribution in [0.25, 0.3) is 65.7 Å². The summed E-state index contributed by atoms with van der Waals surface area (Å²) in [7, 11) is -2.41. The van der Waals surface area contributed by atoms with Crippen molar-refractivity contribution in [3.63, 3.8) is 0 Å². The molecule has 63 heavy (non-hydrogen) atoms. The molecule has 0 aliphatic heterocycles. The molecule has 9 aromatic carbocycles. The van der Waals surface area contributed by atoms with Crippen molar-refractivity contribution in [1.29, 1.82) is 0 Å². The van der Waals surface area contributed by atoms with Gasteiger partial charge in [-0.1, -0.05) is 213 Å².